The van der Waals surface area contributed by atoms with Crippen molar-refractivity contribution in [2.75, 3.05) is 13.1 Å². The maximum Gasteiger partial charge on any atom is 0.416 e. The topological polar surface area (TPSA) is 53.2 Å². The zero-order valence-corrected chi connectivity index (χ0v) is 12.2. The van der Waals surface area contributed by atoms with Gasteiger partial charge in [0.05, 0.1) is 5.56 Å². The lowest BCUT2D eigenvalue weighted by Gasteiger charge is -2.17. The molecule has 0 radical (unpaired) electrons. The molecule has 122 valence electrons. The Morgan fingerprint density at radius 2 is 2.14 bits per heavy atom. The van der Waals surface area contributed by atoms with E-state index < -0.39 is 11.7 Å². The number of hydrogen-bond acceptors (Lipinski definition) is 2. The second-order valence-electron chi connectivity index (χ2n) is 5.42. The highest BCUT2D eigenvalue weighted by molar-refractivity contribution is 5.74. The first-order valence-electron chi connectivity index (χ1n) is 7.36. The van der Waals surface area contributed by atoms with Crippen molar-refractivity contribution in [1.82, 2.24) is 16.0 Å². The van der Waals surface area contributed by atoms with E-state index in [1.54, 1.807) is 6.07 Å². The summed E-state index contributed by atoms with van der Waals surface area (Å²) in [4.78, 5) is 11.8. The summed E-state index contributed by atoms with van der Waals surface area (Å²) in [5, 5.41) is 8.67. The third kappa shape index (κ3) is 5.22. The minimum absolute atomic E-state index is 0.0593. The summed E-state index contributed by atoms with van der Waals surface area (Å²) in [7, 11) is 0. The van der Waals surface area contributed by atoms with Crippen molar-refractivity contribution in [2.45, 2.75) is 38.0 Å². The van der Waals surface area contributed by atoms with E-state index in [-0.39, 0.29) is 18.6 Å². The predicted octanol–water partition coefficient (Wildman–Crippen LogP) is 2.65. The molecule has 0 aromatic heterocycles. The van der Waals surface area contributed by atoms with Crippen LogP contribution in [0.25, 0.3) is 0 Å². The Kier molecular flexibility index (Phi) is 5.65. The molecular weight excluding hydrogens is 295 g/mol. The van der Waals surface area contributed by atoms with Crippen LogP contribution in [0.5, 0.6) is 0 Å². The molecule has 22 heavy (non-hydrogen) atoms. The Morgan fingerprint density at radius 1 is 1.32 bits per heavy atom. The van der Waals surface area contributed by atoms with E-state index in [1.165, 1.54) is 6.07 Å². The van der Waals surface area contributed by atoms with Gasteiger partial charge in [-0.1, -0.05) is 18.6 Å². The molecule has 1 atom stereocenters. The fourth-order valence-electron chi connectivity index (χ4n) is 2.42. The monoisotopic (exact) mass is 315 g/mol. The molecule has 3 N–H and O–H groups in total. The van der Waals surface area contributed by atoms with E-state index in [2.05, 4.69) is 16.0 Å². The highest BCUT2D eigenvalue weighted by Gasteiger charge is 2.30. The molecule has 2 amide bonds. The largest absolute Gasteiger partial charge is 0.416 e. The van der Waals surface area contributed by atoms with Gasteiger partial charge in [-0.25, -0.2) is 4.79 Å². The van der Waals surface area contributed by atoms with Gasteiger partial charge in [0, 0.05) is 19.1 Å². The fourth-order valence-corrected chi connectivity index (χ4v) is 2.42. The summed E-state index contributed by atoms with van der Waals surface area (Å²) in [6.07, 6.45) is -1.33. The minimum atomic E-state index is -4.37. The zero-order valence-electron chi connectivity index (χ0n) is 12.2. The maximum atomic E-state index is 12.6. The van der Waals surface area contributed by atoms with E-state index in [1.807, 2.05) is 0 Å². The summed E-state index contributed by atoms with van der Waals surface area (Å²) in [6.45, 7) is 1.73. The molecule has 1 aromatic carbocycles. The van der Waals surface area contributed by atoms with E-state index in [4.69, 9.17) is 0 Å². The van der Waals surface area contributed by atoms with Crippen LogP contribution in [0.4, 0.5) is 18.0 Å². The third-order valence-corrected chi connectivity index (χ3v) is 3.59. The molecule has 1 aromatic rings. The van der Waals surface area contributed by atoms with Crippen molar-refractivity contribution in [3.8, 4) is 0 Å². The Balaban J connectivity index is 1.83. The minimum Gasteiger partial charge on any atom is -0.334 e. The van der Waals surface area contributed by atoms with Gasteiger partial charge in [-0.3, -0.25) is 0 Å². The molecule has 2 rings (SSSR count). The van der Waals surface area contributed by atoms with Gasteiger partial charge >= 0.3 is 12.2 Å². The molecule has 1 saturated heterocycles. The second kappa shape index (κ2) is 7.49. The number of hydrogen-bond donors (Lipinski definition) is 3. The number of nitrogens with one attached hydrogen (secondary N) is 3. The first-order valence-corrected chi connectivity index (χ1v) is 7.36. The molecule has 1 aliphatic heterocycles. The van der Waals surface area contributed by atoms with Gasteiger partial charge < -0.3 is 16.0 Å². The lowest BCUT2D eigenvalue weighted by molar-refractivity contribution is -0.137. The summed E-state index contributed by atoms with van der Waals surface area (Å²) in [5.74, 6) is 0. The third-order valence-electron chi connectivity index (χ3n) is 3.59. The predicted molar refractivity (Wildman–Crippen MR) is 77.3 cm³/mol. The first kappa shape index (κ1) is 16.6. The molecule has 1 fully saturated rings. The number of carbonyl (C=O) groups is 1. The molecule has 1 heterocycles. The molecule has 1 unspecified atom stereocenters. The van der Waals surface area contributed by atoms with E-state index in [0.29, 0.717) is 5.56 Å². The lowest BCUT2D eigenvalue weighted by atomic mass is 10.1. The SMILES string of the molecule is O=C(NCc1cccc(C(F)(F)F)c1)NC1CCCCNC1. The van der Waals surface area contributed by atoms with Gasteiger partial charge in [0.2, 0.25) is 0 Å². The highest BCUT2D eigenvalue weighted by Crippen LogP contribution is 2.29. The molecule has 7 heteroatoms. The number of benzene rings is 1. The standard InChI is InChI=1S/C15H20F3N3O/c16-15(17,18)12-5-3-4-11(8-12)9-20-14(22)21-13-6-1-2-7-19-10-13/h3-5,8,13,19H,1-2,6-7,9-10H2,(H2,20,21,22). The Morgan fingerprint density at radius 3 is 2.91 bits per heavy atom. The van der Waals surface area contributed by atoms with Crippen LogP contribution in [-0.4, -0.2) is 25.2 Å². The van der Waals surface area contributed by atoms with Crippen molar-refractivity contribution in [2.24, 2.45) is 0 Å². The van der Waals surface area contributed by atoms with Crippen molar-refractivity contribution in [3.05, 3.63) is 35.4 Å². The van der Waals surface area contributed by atoms with Crippen LogP contribution in [0.1, 0.15) is 30.4 Å². The summed E-state index contributed by atoms with van der Waals surface area (Å²) in [6, 6.07) is 4.67. The number of urea groups is 1. The zero-order chi connectivity index (χ0) is 16.0. The average molecular weight is 315 g/mol. The van der Waals surface area contributed by atoms with Crippen molar-refractivity contribution >= 4 is 6.03 Å². The Labute approximate surface area is 127 Å². The summed E-state index contributed by atoms with van der Waals surface area (Å²) < 4.78 is 37.8. The normalized spacial score (nSPS) is 19.3. The van der Waals surface area contributed by atoms with Gasteiger partial charge in [-0.05, 0) is 37.1 Å². The van der Waals surface area contributed by atoms with Crippen molar-refractivity contribution in [3.63, 3.8) is 0 Å². The maximum absolute atomic E-state index is 12.6. The molecule has 1 aliphatic rings. The number of amides is 2. The van der Waals surface area contributed by atoms with Gasteiger partial charge in [-0.2, -0.15) is 13.2 Å². The highest BCUT2D eigenvalue weighted by atomic mass is 19.4. The number of alkyl halides is 3. The Hall–Kier alpha value is -1.76. The van der Waals surface area contributed by atoms with Crippen molar-refractivity contribution in [1.29, 1.82) is 0 Å². The number of carbonyl (C=O) groups excluding carboxylic acids is 1. The van der Waals surface area contributed by atoms with Gasteiger partial charge in [0.25, 0.3) is 0 Å². The van der Waals surface area contributed by atoms with Crippen LogP contribution < -0.4 is 16.0 Å². The van der Waals surface area contributed by atoms with Crippen LogP contribution in [0.15, 0.2) is 24.3 Å². The van der Waals surface area contributed by atoms with Gasteiger partial charge in [-0.15, -0.1) is 0 Å². The van der Waals surface area contributed by atoms with E-state index in [0.717, 1.165) is 44.5 Å². The molecular formula is C15H20F3N3O. The quantitative estimate of drug-likeness (QED) is 0.803. The van der Waals surface area contributed by atoms with Crippen LogP contribution >= 0.6 is 0 Å². The number of halogens is 3. The van der Waals surface area contributed by atoms with E-state index >= 15 is 0 Å². The van der Waals surface area contributed by atoms with Crippen LogP contribution in [0, 0.1) is 0 Å². The molecule has 0 aliphatic carbocycles. The second-order valence-corrected chi connectivity index (χ2v) is 5.42. The molecule has 0 bridgehead atoms. The smallest absolute Gasteiger partial charge is 0.334 e. The molecule has 4 nitrogen and oxygen atoms in total. The summed E-state index contributed by atoms with van der Waals surface area (Å²) in [5.41, 5.74) is -0.288. The van der Waals surface area contributed by atoms with Crippen LogP contribution in [0.2, 0.25) is 0 Å². The van der Waals surface area contributed by atoms with Gasteiger partial charge in [0.1, 0.15) is 0 Å². The summed E-state index contributed by atoms with van der Waals surface area (Å²) >= 11 is 0. The van der Waals surface area contributed by atoms with Crippen LogP contribution in [-0.2, 0) is 12.7 Å². The average Bonchev–Trinajstić information content (AvgIpc) is 2.73. The molecule has 0 saturated carbocycles. The molecule has 0 spiro atoms. The van der Waals surface area contributed by atoms with E-state index in [9.17, 15) is 18.0 Å². The van der Waals surface area contributed by atoms with Crippen LogP contribution in [0.3, 0.4) is 0 Å². The van der Waals surface area contributed by atoms with Crippen molar-refractivity contribution < 1.29 is 18.0 Å². The lowest BCUT2D eigenvalue weighted by Crippen LogP contribution is -2.45. The number of rotatable bonds is 3. The van der Waals surface area contributed by atoms with Gasteiger partial charge in [0.15, 0.2) is 0 Å². The fraction of sp³-hybridized carbons (Fsp3) is 0.533. The Bertz CT molecular complexity index is 497. The first-order chi connectivity index (χ1) is 10.4.